The van der Waals surface area contributed by atoms with E-state index in [2.05, 4.69) is 10.9 Å². The van der Waals surface area contributed by atoms with Gasteiger partial charge in [-0.05, 0) is 55.3 Å². The minimum absolute atomic E-state index is 0.189. The van der Waals surface area contributed by atoms with Crippen molar-refractivity contribution in [1.82, 2.24) is 10.9 Å². The molecule has 0 fully saturated rings. The van der Waals surface area contributed by atoms with Crippen LogP contribution >= 0.6 is 23.2 Å². The van der Waals surface area contributed by atoms with Crippen LogP contribution in [0.15, 0.2) is 48.5 Å². The minimum Gasteiger partial charge on any atom is -0.494 e. The van der Waals surface area contributed by atoms with Gasteiger partial charge in [-0.1, -0.05) is 35.3 Å². The van der Waals surface area contributed by atoms with Gasteiger partial charge in [-0.15, -0.1) is 0 Å². The molecule has 29 heavy (non-hydrogen) atoms. The Kier molecular flexibility index (Phi) is 9.34. The number of hydrogen-bond donors (Lipinski definition) is 2. The number of hydrazine groups is 1. The molecule has 0 aliphatic heterocycles. The Labute approximate surface area is 179 Å². The monoisotopic (exact) mass is 436 g/mol. The number of amides is 2. The zero-order valence-electron chi connectivity index (χ0n) is 15.9. The molecule has 0 unspecified atom stereocenters. The Bertz CT molecular complexity index is 854. The van der Waals surface area contributed by atoms with E-state index in [1.807, 2.05) is 31.2 Å². The van der Waals surface area contributed by atoms with Crippen LogP contribution in [0.1, 0.15) is 25.3 Å². The molecular weight excluding hydrogens is 415 g/mol. The third-order valence-corrected chi connectivity index (χ3v) is 4.17. The van der Waals surface area contributed by atoms with Crippen molar-refractivity contribution in [2.75, 3.05) is 13.2 Å². The van der Waals surface area contributed by atoms with Crippen LogP contribution in [-0.2, 0) is 9.59 Å². The van der Waals surface area contributed by atoms with Crippen LogP contribution in [0.3, 0.4) is 0 Å². The fourth-order valence-electron chi connectivity index (χ4n) is 2.26. The normalized spacial score (nSPS) is 10.6. The predicted molar refractivity (Wildman–Crippen MR) is 114 cm³/mol. The summed E-state index contributed by atoms with van der Waals surface area (Å²) in [7, 11) is 0. The van der Waals surface area contributed by atoms with E-state index in [0.29, 0.717) is 35.4 Å². The van der Waals surface area contributed by atoms with Crippen molar-refractivity contribution in [2.24, 2.45) is 0 Å². The Morgan fingerprint density at radius 2 is 1.79 bits per heavy atom. The van der Waals surface area contributed by atoms with Crippen LogP contribution in [0.2, 0.25) is 10.0 Å². The second-order valence-electron chi connectivity index (χ2n) is 5.90. The molecule has 0 aliphatic carbocycles. The number of rotatable bonds is 9. The Morgan fingerprint density at radius 1 is 1.03 bits per heavy atom. The third-order valence-electron chi connectivity index (χ3n) is 3.64. The fraction of sp³-hybridized carbons (Fsp3) is 0.238. The second-order valence-corrected chi connectivity index (χ2v) is 6.74. The van der Waals surface area contributed by atoms with Crippen LogP contribution < -0.4 is 20.3 Å². The highest BCUT2D eigenvalue weighted by molar-refractivity contribution is 6.35. The van der Waals surface area contributed by atoms with E-state index in [1.54, 1.807) is 24.3 Å². The lowest BCUT2D eigenvalue weighted by molar-refractivity contribution is -0.126. The number of halogens is 2. The van der Waals surface area contributed by atoms with Gasteiger partial charge in [-0.25, -0.2) is 0 Å². The summed E-state index contributed by atoms with van der Waals surface area (Å²) in [6.07, 6.45) is 3.62. The van der Waals surface area contributed by atoms with Gasteiger partial charge >= 0.3 is 0 Å². The summed E-state index contributed by atoms with van der Waals surface area (Å²) in [5.74, 6) is 0.517. The molecule has 0 spiro atoms. The van der Waals surface area contributed by atoms with Crippen molar-refractivity contribution in [1.29, 1.82) is 0 Å². The summed E-state index contributed by atoms with van der Waals surface area (Å²) in [4.78, 5) is 23.6. The fourth-order valence-corrected chi connectivity index (χ4v) is 2.72. The van der Waals surface area contributed by atoms with Gasteiger partial charge in [-0.3, -0.25) is 20.4 Å². The summed E-state index contributed by atoms with van der Waals surface area (Å²) in [6.45, 7) is 2.81. The Morgan fingerprint density at radius 3 is 2.48 bits per heavy atom. The van der Waals surface area contributed by atoms with E-state index in [9.17, 15) is 9.59 Å². The molecule has 0 saturated heterocycles. The maximum atomic E-state index is 11.8. The number of hydrogen-bond acceptors (Lipinski definition) is 4. The summed E-state index contributed by atoms with van der Waals surface area (Å²) in [5.41, 5.74) is 5.53. The number of benzene rings is 2. The highest BCUT2D eigenvalue weighted by Crippen LogP contribution is 2.27. The van der Waals surface area contributed by atoms with E-state index in [0.717, 1.165) is 11.3 Å². The first-order valence-electron chi connectivity index (χ1n) is 9.05. The molecule has 154 valence electrons. The van der Waals surface area contributed by atoms with Gasteiger partial charge in [0.25, 0.3) is 5.91 Å². The molecule has 2 N–H and O–H groups in total. The molecule has 2 aromatic rings. The van der Waals surface area contributed by atoms with Crippen LogP contribution in [0, 0.1) is 0 Å². The molecule has 2 aromatic carbocycles. The van der Waals surface area contributed by atoms with E-state index in [4.69, 9.17) is 32.7 Å². The van der Waals surface area contributed by atoms with Gasteiger partial charge in [0.05, 0.1) is 18.2 Å². The topological polar surface area (TPSA) is 76.7 Å². The van der Waals surface area contributed by atoms with Crippen molar-refractivity contribution in [3.8, 4) is 11.5 Å². The van der Waals surface area contributed by atoms with Crippen molar-refractivity contribution in [2.45, 2.75) is 19.8 Å². The molecule has 0 atom stereocenters. The van der Waals surface area contributed by atoms with Gasteiger partial charge < -0.3 is 9.47 Å². The Balaban J connectivity index is 1.64. The van der Waals surface area contributed by atoms with Crippen molar-refractivity contribution in [3.05, 3.63) is 64.1 Å². The van der Waals surface area contributed by atoms with Crippen LogP contribution in [0.25, 0.3) is 6.08 Å². The second kappa shape index (κ2) is 12.0. The molecule has 6 nitrogen and oxygen atoms in total. The van der Waals surface area contributed by atoms with E-state index in [1.165, 1.54) is 6.08 Å². The zero-order valence-corrected chi connectivity index (χ0v) is 17.4. The molecule has 2 rings (SSSR count). The molecule has 8 heteroatoms. The summed E-state index contributed by atoms with van der Waals surface area (Å²) in [5, 5.41) is 0.933. The molecule has 2 amide bonds. The number of nitrogens with one attached hydrogen (secondary N) is 2. The minimum atomic E-state index is -0.434. The molecule has 0 aliphatic rings. The maximum absolute atomic E-state index is 11.8. The standard InChI is InChI=1S/C21H22Cl2N2O4/c1-2-28-17-9-5-15(6-10-17)7-12-21(27)25-24-20(26)4-3-13-29-19-11-8-16(22)14-18(19)23/h5-12,14H,2-4,13H2,1H3,(H,24,26)(H,25,27)/b12-7+. The van der Waals surface area contributed by atoms with Gasteiger partial charge in [0.2, 0.25) is 5.91 Å². The van der Waals surface area contributed by atoms with Crippen LogP contribution in [-0.4, -0.2) is 25.0 Å². The Hall–Kier alpha value is -2.70. The highest BCUT2D eigenvalue weighted by atomic mass is 35.5. The van der Waals surface area contributed by atoms with Gasteiger partial charge in [-0.2, -0.15) is 0 Å². The van der Waals surface area contributed by atoms with Gasteiger partial charge in [0.1, 0.15) is 11.5 Å². The van der Waals surface area contributed by atoms with Gasteiger partial charge in [0, 0.05) is 17.5 Å². The first kappa shape index (κ1) is 22.6. The maximum Gasteiger partial charge on any atom is 0.262 e. The molecular formula is C21H22Cl2N2O4. The number of carbonyl (C=O) groups is 2. The first-order chi connectivity index (χ1) is 14.0. The number of ether oxygens (including phenoxy) is 2. The smallest absolute Gasteiger partial charge is 0.262 e. The summed E-state index contributed by atoms with van der Waals surface area (Å²) >= 11 is 11.8. The zero-order chi connectivity index (χ0) is 21.1. The highest BCUT2D eigenvalue weighted by Gasteiger charge is 2.05. The first-order valence-corrected chi connectivity index (χ1v) is 9.81. The molecule has 0 bridgehead atoms. The van der Waals surface area contributed by atoms with Crippen LogP contribution in [0.5, 0.6) is 11.5 Å². The average molecular weight is 437 g/mol. The summed E-state index contributed by atoms with van der Waals surface area (Å²) < 4.78 is 10.9. The number of carbonyl (C=O) groups excluding carboxylic acids is 2. The van der Waals surface area contributed by atoms with Gasteiger partial charge in [0.15, 0.2) is 0 Å². The predicted octanol–water partition coefficient (Wildman–Crippen LogP) is 4.41. The van der Waals surface area contributed by atoms with Crippen LogP contribution in [0.4, 0.5) is 0 Å². The lowest BCUT2D eigenvalue weighted by Gasteiger charge is -2.08. The van der Waals surface area contributed by atoms with E-state index < -0.39 is 5.91 Å². The third kappa shape index (κ3) is 8.46. The summed E-state index contributed by atoms with van der Waals surface area (Å²) in [6, 6.07) is 12.2. The van der Waals surface area contributed by atoms with Crippen molar-refractivity contribution >= 4 is 41.1 Å². The molecule has 0 heterocycles. The van der Waals surface area contributed by atoms with E-state index >= 15 is 0 Å². The SMILES string of the molecule is CCOc1ccc(/C=C/C(=O)NNC(=O)CCCOc2ccc(Cl)cc2Cl)cc1. The van der Waals surface area contributed by atoms with E-state index in [-0.39, 0.29) is 12.3 Å². The largest absolute Gasteiger partial charge is 0.494 e. The molecule has 0 aromatic heterocycles. The lowest BCUT2D eigenvalue weighted by atomic mass is 10.2. The molecule has 0 saturated carbocycles. The molecule has 0 radical (unpaired) electrons. The quantitative estimate of drug-likeness (QED) is 0.346. The van der Waals surface area contributed by atoms with Crippen molar-refractivity contribution in [3.63, 3.8) is 0 Å². The lowest BCUT2D eigenvalue weighted by Crippen LogP contribution is -2.40. The van der Waals surface area contributed by atoms with Crippen molar-refractivity contribution < 1.29 is 19.1 Å². The average Bonchev–Trinajstić information content (AvgIpc) is 2.70.